The number of hydrogen-bond donors (Lipinski definition) is 2. The van der Waals surface area contributed by atoms with Gasteiger partial charge in [-0.15, -0.1) is 0 Å². The van der Waals surface area contributed by atoms with Crippen molar-refractivity contribution in [2.24, 2.45) is 5.18 Å². The van der Waals surface area contributed by atoms with Gasteiger partial charge in [0.1, 0.15) is 0 Å². The molecule has 31 heavy (non-hydrogen) atoms. The number of aromatic nitrogens is 1. The first-order valence-corrected chi connectivity index (χ1v) is 11.3. The second kappa shape index (κ2) is 8.77. The third-order valence-electron chi connectivity index (χ3n) is 6.87. The van der Waals surface area contributed by atoms with Crippen molar-refractivity contribution in [1.29, 1.82) is 0 Å². The SMILES string of the molecule is O=NC[C@H]1C[C@H](CO)N1Cc1cc2cc(-c3cccc(C4=CCCCC4)c3)ccc2[nH]1. The number of hydrogen-bond acceptors (Lipinski definition) is 4. The zero-order valence-corrected chi connectivity index (χ0v) is 17.8. The molecule has 5 heteroatoms. The summed E-state index contributed by atoms with van der Waals surface area (Å²) in [5.74, 6) is 0. The summed E-state index contributed by atoms with van der Waals surface area (Å²) in [5, 5.41) is 13.8. The highest BCUT2D eigenvalue weighted by Gasteiger charge is 2.37. The van der Waals surface area contributed by atoms with Crippen LogP contribution in [0, 0.1) is 4.91 Å². The van der Waals surface area contributed by atoms with Crippen LogP contribution in [0.15, 0.2) is 59.8 Å². The number of likely N-dealkylation sites (tertiary alicyclic amines) is 1. The minimum atomic E-state index is 0.116. The molecule has 1 saturated heterocycles. The lowest BCUT2D eigenvalue weighted by Gasteiger charge is -2.46. The van der Waals surface area contributed by atoms with Crippen molar-refractivity contribution in [2.45, 2.75) is 50.7 Å². The highest BCUT2D eigenvalue weighted by Crippen LogP contribution is 2.32. The van der Waals surface area contributed by atoms with Crippen molar-refractivity contribution < 1.29 is 5.11 Å². The summed E-state index contributed by atoms with van der Waals surface area (Å²) < 4.78 is 0. The highest BCUT2D eigenvalue weighted by atomic mass is 16.3. The molecule has 2 atom stereocenters. The van der Waals surface area contributed by atoms with E-state index in [1.54, 1.807) is 0 Å². The zero-order chi connectivity index (χ0) is 21.2. The number of nitroso groups, excluding NO2 is 1. The standard InChI is InChI=1S/C26H29N3O2/c30-17-25-14-24(15-27-31)29(25)16-23-13-22-12-21(9-10-26(22)28-23)20-8-4-7-19(11-20)18-5-2-1-3-6-18/h4-5,7-13,24-25,28,30H,1-3,6,14-17H2/t24-,25-/m1/s1. The molecule has 0 spiro atoms. The van der Waals surface area contributed by atoms with Crippen LogP contribution in [0.3, 0.4) is 0 Å². The van der Waals surface area contributed by atoms with E-state index in [0.29, 0.717) is 6.54 Å². The van der Waals surface area contributed by atoms with Crippen LogP contribution in [0.1, 0.15) is 43.4 Å². The van der Waals surface area contributed by atoms with Crippen LogP contribution in [0.5, 0.6) is 0 Å². The van der Waals surface area contributed by atoms with E-state index in [1.165, 1.54) is 53.3 Å². The summed E-state index contributed by atoms with van der Waals surface area (Å²) in [6, 6.07) is 17.9. The molecule has 2 heterocycles. The van der Waals surface area contributed by atoms with Gasteiger partial charge in [0.2, 0.25) is 0 Å². The molecule has 0 radical (unpaired) electrons. The highest BCUT2D eigenvalue weighted by molar-refractivity contribution is 5.86. The summed E-state index contributed by atoms with van der Waals surface area (Å²) >= 11 is 0. The maximum atomic E-state index is 10.7. The number of fused-ring (bicyclic) bond motifs is 1. The number of aliphatic hydroxyl groups excluding tert-OH is 1. The van der Waals surface area contributed by atoms with E-state index in [1.807, 2.05) is 0 Å². The molecule has 5 rings (SSSR count). The van der Waals surface area contributed by atoms with Crippen LogP contribution >= 0.6 is 0 Å². The first-order chi connectivity index (χ1) is 15.2. The normalized spacial score (nSPS) is 21.6. The molecule has 160 valence electrons. The van der Waals surface area contributed by atoms with Crippen LogP contribution < -0.4 is 0 Å². The first kappa shape index (κ1) is 20.2. The van der Waals surface area contributed by atoms with Crippen LogP contribution in [-0.2, 0) is 6.54 Å². The van der Waals surface area contributed by atoms with Gasteiger partial charge in [0.05, 0.1) is 13.2 Å². The summed E-state index contributed by atoms with van der Waals surface area (Å²) in [6.07, 6.45) is 8.18. The molecule has 1 fully saturated rings. The van der Waals surface area contributed by atoms with E-state index in [4.69, 9.17) is 0 Å². The average molecular weight is 416 g/mol. The Morgan fingerprint density at radius 1 is 1.03 bits per heavy atom. The lowest BCUT2D eigenvalue weighted by molar-refractivity contribution is -0.0201. The fourth-order valence-electron chi connectivity index (χ4n) is 5.10. The van der Waals surface area contributed by atoms with Gasteiger partial charge in [-0.2, -0.15) is 4.91 Å². The Morgan fingerprint density at radius 3 is 2.71 bits per heavy atom. The molecule has 0 bridgehead atoms. The van der Waals surface area contributed by atoms with Crippen molar-refractivity contribution in [2.75, 3.05) is 13.2 Å². The first-order valence-electron chi connectivity index (χ1n) is 11.3. The second-order valence-corrected chi connectivity index (χ2v) is 8.86. The number of aliphatic hydroxyl groups is 1. The van der Waals surface area contributed by atoms with E-state index in [-0.39, 0.29) is 25.2 Å². The van der Waals surface area contributed by atoms with Gasteiger partial charge in [-0.05, 0) is 78.6 Å². The van der Waals surface area contributed by atoms with Crippen LogP contribution in [0.2, 0.25) is 0 Å². The van der Waals surface area contributed by atoms with Crippen molar-refractivity contribution in [3.63, 3.8) is 0 Å². The molecule has 1 aliphatic heterocycles. The van der Waals surface area contributed by atoms with Gasteiger partial charge < -0.3 is 10.1 Å². The maximum Gasteiger partial charge on any atom is 0.0967 e. The fourth-order valence-corrected chi connectivity index (χ4v) is 5.10. The Labute approximate surface area is 182 Å². The van der Waals surface area contributed by atoms with Crippen molar-refractivity contribution >= 4 is 16.5 Å². The monoisotopic (exact) mass is 415 g/mol. The van der Waals surface area contributed by atoms with Gasteiger partial charge >= 0.3 is 0 Å². The Balaban J connectivity index is 1.39. The minimum absolute atomic E-state index is 0.116. The molecule has 1 aromatic heterocycles. The van der Waals surface area contributed by atoms with Crippen LogP contribution in [-0.4, -0.2) is 40.2 Å². The quantitative estimate of drug-likeness (QED) is 0.501. The minimum Gasteiger partial charge on any atom is -0.395 e. The van der Waals surface area contributed by atoms with E-state index in [0.717, 1.165) is 17.6 Å². The summed E-state index contributed by atoms with van der Waals surface area (Å²) in [4.78, 5) is 16.4. The molecule has 5 nitrogen and oxygen atoms in total. The molecule has 3 aromatic rings. The predicted octanol–water partition coefficient (Wildman–Crippen LogP) is 5.49. The number of allylic oxidation sites excluding steroid dienone is 2. The maximum absolute atomic E-state index is 10.7. The van der Waals surface area contributed by atoms with Gasteiger partial charge in [0, 0.05) is 35.2 Å². The van der Waals surface area contributed by atoms with Crippen molar-refractivity contribution in [3.8, 4) is 11.1 Å². The molecule has 2 aromatic carbocycles. The van der Waals surface area contributed by atoms with Gasteiger partial charge in [-0.3, -0.25) is 4.90 Å². The number of nitrogens with one attached hydrogen (secondary N) is 1. The molecular weight excluding hydrogens is 386 g/mol. The number of H-pyrrole nitrogens is 1. The molecule has 2 aliphatic rings. The Morgan fingerprint density at radius 2 is 1.90 bits per heavy atom. The molecule has 1 aliphatic carbocycles. The van der Waals surface area contributed by atoms with E-state index in [2.05, 4.69) is 69.7 Å². The summed E-state index contributed by atoms with van der Waals surface area (Å²) in [7, 11) is 0. The van der Waals surface area contributed by atoms with E-state index >= 15 is 0 Å². The molecule has 0 amide bonds. The number of benzene rings is 2. The summed E-state index contributed by atoms with van der Waals surface area (Å²) in [5.41, 5.74) is 7.49. The van der Waals surface area contributed by atoms with Crippen molar-refractivity contribution in [3.05, 3.63) is 70.8 Å². The smallest absolute Gasteiger partial charge is 0.0967 e. The number of aromatic amines is 1. The van der Waals surface area contributed by atoms with E-state index in [9.17, 15) is 10.0 Å². The van der Waals surface area contributed by atoms with E-state index < -0.39 is 0 Å². The van der Waals surface area contributed by atoms with Gasteiger partial charge in [-0.25, -0.2) is 0 Å². The zero-order valence-electron chi connectivity index (χ0n) is 17.8. The molecule has 2 N–H and O–H groups in total. The lowest BCUT2D eigenvalue weighted by Crippen LogP contribution is -2.58. The van der Waals surface area contributed by atoms with Crippen LogP contribution in [0.4, 0.5) is 0 Å². The van der Waals surface area contributed by atoms with Crippen molar-refractivity contribution in [1.82, 2.24) is 9.88 Å². The fraction of sp³-hybridized carbons (Fsp3) is 0.385. The van der Waals surface area contributed by atoms with Gasteiger partial charge in [-0.1, -0.05) is 35.5 Å². The lowest BCUT2D eigenvalue weighted by atomic mass is 9.91. The second-order valence-electron chi connectivity index (χ2n) is 8.86. The Bertz CT molecular complexity index is 1120. The molecule has 0 unspecified atom stereocenters. The predicted molar refractivity (Wildman–Crippen MR) is 126 cm³/mol. The third kappa shape index (κ3) is 4.08. The Kier molecular flexibility index (Phi) is 5.70. The Hall–Kier alpha value is -2.76. The largest absolute Gasteiger partial charge is 0.395 e. The molecular formula is C26H29N3O2. The van der Waals surface area contributed by atoms with Gasteiger partial charge in [0.15, 0.2) is 0 Å². The average Bonchev–Trinajstić information content (AvgIpc) is 3.23. The third-order valence-corrected chi connectivity index (χ3v) is 6.87. The number of rotatable bonds is 7. The molecule has 0 saturated carbocycles. The number of nitrogens with zero attached hydrogens (tertiary/aromatic N) is 2. The summed E-state index contributed by atoms with van der Waals surface area (Å²) in [6.45, 7) is 1.10. The van der Waals surface area contributed by atoms with Crippen LogP contribution in [0.25, 0.3) is 27.6 Å². The van der Waals surface area contributed by atoms with Gasteiger partial charge in [0.25, 0.3) is 0 Å². The topological polar surface area (TPSA) is 68.7 Å².